The monoisotopic (exact) mass is 220 g/mol. The van der Waals surface area contributed by atoms with Gasteiger partial charge in [-0.2, -0.15) is 0 Å². The van der Waals surface area contributed by atoms with Crippen molar-refractivity contribution >= 4 is 5.69 Å². The summed E-state index contributed by atoms with van der Waals surface area (Å²) in [5, 5.41) is 9.46. The van der Waals surface area contributed by atoms with Crippen LogP contribution >= 0.6 is 0 Å². The van der Waals surface area contributed by atoms with Crippen molar-refractivity contribution in [1.29, 1.82) is 0 Å². The van der Waals surface area contributed by atoms with E-state index in [2.05, 4.69) is 16.9 Å². The molecule has 16 heavy (non-hydrogen) atoms. The molecule has 0 amide bonds. The van der Waals surface area contributed by atoms with Crippen molar-refractivity contribution in [3.63, 3.8) is 0 Å². The molecule has 0 unspecified atom stereocenters. The lowest BCUT2D eigenvalue weighted by Crippen LogP contribution is -2.29. The predicted octanol–water partition coefficient (Wildman–Crippen LogP) is 2.07. The third-order valence-corrected chi connectivity index (χ3v) is 3.45. The molecule has 1 aromatic heterocycles. The van der Waals surface area contributed by atoms with Gasteiger partial charge in [0.25, 0.3) is 0 Å². The Balaban J connectivity index is 1.86. The summed E-state index contributed by atoms with van der Waals surface area (Å²) in [4.78, 5) is 6.31. The Morgan fingerprint density at radius 3 is 2.50 bits per heavy atom. The molecule has 2 rings (SSSR count). The first-order valence-electron chi connectivity index (χ1n) is 6.05. The van der Waals surface area contributed by atoms with Crippen LogP contribution in [0.4, 0.5) is 5.69 Å². The van der Waals surface area contributed by atoms with Crippen molar-refractivity contribution in [3.05, 3.63) is 24.5 Å². The van der Waals surface area contributed by atoms with E-state index in [1.807, 2.05) is 24.5 Å². The summed E-state index contributed by atoms with van der Waals surface area (Å²) in [7, 11) is 2.13. The van der Waals surface area contributed by atoms with Crippen LogP contribution < -0.4 is 4.90 Å². The zero-order chi connectivity index (χ0) is 11.4. The molecule has 1 saturated carbocycles. The van der Waals surface area contributed by atoms with E-state index in [9.17, 15) is 5.11 Å². The van der Waals surface area contributed by atoms with E-state index in [-0.39, 0.29) is 6.10 Å². The Morgan fingerprint density at radius 1 is 1.25 bits per heavy atom. The topological polar surface area (TPSA) is 36.4 Å². The van der Waals surface area contributed by atoms with Crippen molar-refractivity contribution < 1.29 is 5.11 Å². The quantitative estimate of drug-likeness (QED) is 0.847. The molecule has 0 aliphatic heterocycles. The second-order valence-electron chi connectivity index (χ2n) is 4.76. The summed E-state index contributed by atoms with van der Waals surface area (Å²) >= 11 is 0. The van der Waals surface area contributed by atoms with Crippen molar-refractivity contribution in [1.82, 2.24) is 4.98 Å². The Kier molecular flexibility index (Phi) is 3.78. The Hall–Kier alpha value is -1.09. The first-order chi connectivity index (χ1) is 7.75. The van der Waals surface area contributed by atoms with Crippen LogP contribution in [0.2, 0.25) is 0 Å². The lowest BCUT2D eigenvalue weighted by atomic mass is 9.87. The smallest absolute Gasteiger partial charge is 0.0540 e. The van der Waals surface area contributed by atoms with Crippen LogP contribution in [0.3, 0.4) is 0 Å². The molecule has 88 valence electrons. The summed E-state index contributed by atoms with van der Waals surface area (Å²) in [6.45, 7) is 1.08. The van der Waals surface area contributed by atoms with Gasteiger partial charge in [-0.1, -0.05) is 0 Å². The lowest BCUT2D eigenvalue weighted by Gasteiger charge is -2.30. The van der Waals surface area contributed by atoms with Gasteiger partial charge in [0.05, 0.1) is 6.10 Å². The number of rotatable bonds is 3. The van der Waals surface area contributed by atoms with E-state index in [1.54, 1.807) is 0 Å². The van der Waals surface area contributed by atoms with Crippen LogP contribution in [0.25, 0.3) is 0 Å². The van der Waals surface area contributed by atoms with Crippen LogP contribution in [0.15, 0.2) is 24.5 Å². The largest absolute Gasteiger partial charge is 0.393 e. The summed E-state index contributed by atoms with van der Waals surface area (Å²) in [6, 6.07) is 4.08. The number of anilines is 1. The number of hydrogen-bond acceptors (Lipinski definition) is 3. The molecule has 0 spiro atoms. The SMILES string of the molecule is CN(CC1CCC(O)CC1)c1ccncc1. The number of aliphatic hydroxyl groups is 1. The molecule has 1 aliphatic rings. The van der Waals surface area contributed by atoms with E-state index in [4.69, 9.17) is 0 Å². The van der Waals surface area contributed by atoms with Gasteiger partial charge in [-0.25, -0.2) is 0 Å². The fraction of sp³-hybridized carbons (Fsp3) is 0.615. The average molecular weight is 220 g/mol. The van der Waals surface area contributed by atoms with Gasteiger partial charge in [0.15, 0.2) is 0 Å². The standard InChI is InChI=1S/C13H20N2O/c1-15(12-6-8-14-9-7-12)10-11-2-4-13(16)5-3-11/h6-9,11,13,16H,2-5,10H2,1H3. The van der Waals surface area contributed by atoms with Gasteiger partial charge in [0.1, 0.15) is 0 Å². The minimum Gasteiger partial charge on any atom is -0.393 e. The van der Waals surface area contributed by atoms with Gasteiger partial charge in [0.2, 0.25) is 0 Å². The predicted molar refractivity (Wildman–Crippen MR) is 65.5 cm³/mol. The zero-order valence-electron chi connectivity index (χ0n) is 9.84. The average Bonchev–Trinajstić information content (AvgIpc) is 2.33. The van der Waals surface area contributed by atoms with Crippen LogP contribution in [0, 0.1) is 5.92 Å². The molecule has 1 heterocycles. The molecule has 1 N–H and O–H groups in total. The van der Waals surface area contributed by atoms with Gasteiger partial charge in [0, 0.05) is 31.7 Å². The van der Waals surface area contributed by atoms with Crippen LogP contribution in [-0.4, -0.2) is 29.8 Å². The number of nitrogens with zero attached hydrogens (tertiary/aromatic N) is 2. The summed E-state index contributed by atoms with van der Waals surface area (Å²) in [5.41, 5.74) is 1.22. The van der Waals surface area contributed by atoms with Gasteiger partial charge >= 0.3 is 0 Å². The number of pyridine rings is 1. The minimum atomic E-state index is -0.0533. The molecule has 0 saturated heterocycles. The molecule has 3 nitrogen and oxygen atoms in total. The van der Waals surface area contributed by atoms with Crippen molar-refractivity contribution in [2.45, 2.75) is 31.8 Å². The molecule has 1 fully saturated rings. The number of aromatic nitrogens is 1. The van der Waals surface area contributed by atoms with Crippen molar-refractivity contribution in [3.8, 4) is 0 Å². The maximum atomic E-state index is 9.46. The molecule has 0 aromatic carbocycles. The van der Waals surface area contributed by atoms with Gasteiger partial charge in [-0.05, 0) is 43.7 Å². The molecule has 0 bridgehead atoms. The third-order valence-electron chi connectivity index (χ3n) is 3.45. The molecule has 0 radical (unpaired) electrons. The second kappa shape index (κ2) is 5.30. The van der Waals surface area contributed by atoms with E-state index in [0.29, 0.717) is 0 Å². The summed E-state index contributed by atoms with van der Waals surface area (Å²) < 4.78 is 0. The van der Waals surface area contributed by atoms with E-state index < -0.39 is 0 Å². The first kappa shape index (κ1) is 11.4. The molecular weight excluding hydrogens is 200 g/mol. The Bertz CT molecular complexity index is 307. The first-order valence-corrected chi connectivity index (χ1v) is 6.05. The normalized spacial score (nSPS) is 25.4. The van der Waals surface area contributed by atoms with E-state index >= 15 is 0 Å². The second-order valence-corrected chi connectivity index (χ2v) is 4.76. The third kappa shape index (κ3) is 2.95. The molecule has 0 atom stereocenters. The van der Waals surface area contributed by atoms with Crippen LogP contribution in [-0.2, 0) is 0 Å². The highest BCUT2D eigenvalue weighted by Crippen LogP contribution is 2.25. The van der Waals surface area contributed by atoms with E-state index in [1.165, 1.54) is 5.69 Å². The lowest BCUT2D eigenvalue weighted by molar-refractivity contribution is 0.110. The maximum absolute atomic E-state index is 9.46. The van der Waals surface area contributed by atoms with Gasteiger partial charge < -0.3 is 10.0 Å². The highest BCUT2D eigenvalue weighted by atomic mass is 16.3. The minimum absolute atomic E-state index is 0.0533. The molecule has 3 heteroatoms. The van der Waals surface area contributed by atoms with Gasteiger partial charge in [-0.15, -0.1) is 0 Å². The highest BCUT2D eigenvalue weighted by Gasteiger charge is 2.20. The summed E-state index contributed by atoms with van der Waals surface area (Å²) in [6.07, 6.45) is 7.84. The fourth-order valence-electron chi connectivity index (χ4n) is 2.42. The molecule has 1 aliphatic carbocycles. The van der Waals surface area contributed by atoms with Crippen LogP contribution in [0.5, 0.6) is 0 Å². The molecular formula is C13H20N2O. The number of aliphatic hydroxyl groups excluding tert-OH is 1. The fourth-order valence-corrected chi connectivity index (χ4v) is 2.42. The van der Waals surface area contributed by atoms with Crippen LogP contribution in [0.1, 0.15) is 25.7 Å². The van der Waals surface area contributed by atoms with E-state index in [0.717, 1.165) is 38.1 Å². The van der Waals surface area contributed by atoms with Crippen molar-refractivity contribution in [2.75, 3.05) is 18.5 Å². The Labute approximate surface area is 97.1 Å². The maximum Gasteiger partial charge on any atom is 0.0540 e. The Morgan fingerprint density at radius 2 is 1.88 bits per heavy atom. The summed E-state index contributed by atoms with van der Waals surface area (Å²) in [5.74, 6) is 0.724. The highest BCUT2D eigenvalue weighted by molar-refractivity contribution is 5.43. The number of hydrogen-bond donors (Lipinski definition) is 1. The van der Waals surface area contributed by atoms with Gasteiger partial charge in [-0.3, -0.25) is 4.98 Å². The van der Waals surface area contributed by atoms with Crippen molar-refractivity contribution in [2.24, 2.45) is 5.92 Å². The zero-order valence-corrected chi connectivity index (χ0v) is 9.84. The molecule has 1 aromatic rings.